The van der Waals surface area contributed by atoms with Crippen molar-refractivity contribution in [3.8, 4) is 0 Å². The quantitative estimate of drug-likeness (QED) is 0.901. The highest BCUT2D eigenvalue weighted by Gasteiger charge is 2.55. The predicted molar refractivity (Wildman–Crippen MR) is 87.0 cm³/mol. The summed E-state index contributed by atoms with van der Waals surface area (Å²) in [4.78, 5) is 26.4. The lowest BCUT2D eigenvalue weighted by atomic mass is 9.71. The number of carboxylic acids is 1. The summed E-state index contributed by atoms with van der Waals surface area (Å²) in [6.07, 6.45) is 5.50. The van der Waals surface area contributed by atoms with Crippen LogP contribution < -0.4 is 0 Å². The third kappa shape index (κ3) is 2.19. The van der Waals surface area contributed by atoms with Crippen LogP contribution in [0.4, 0.5) is 0 Å². The van der Waals surface area contributed by atoms with Crippen molar-refractivity contribution < 1.29 is 19.4 Å². The Morgan fingerprint density at radius 3 is 2.58 bits per heavy atom. The molecule has 2 saturated heterocycles. The number of rotatable bonds is 2. The Morgan fingerprint density at radius 2 is 1.92 bits per heavy atom. The van der Waals surface area contributed by atoms with E-state index >= 15 is 0 Å². The minimum Gasteiger partial charge on any atom is -0.477 e. The molecule has 6 nitrogen and oxygen atoms in total. The molecule has 1 N–H and O–H groups in total. The number of aromatic nitrogens is 1. The van der Waals surface area contributed by atoms with Crippen LogP contribution in [0.3, 0.4) is 0 Å². The van der Waals surface area contributed by atoms with Gasteiger partial charge in [-0.1, -0.05) is 6.42 Å². The van der Waals surface area contributed by atoms with Crippen LogP contribution in [0.1, 0.15) is 53.1 Å². The third-order valence-electron chi connectivity index (χ3n) is 6.46. The summed E-state index contributed by atoms with van der Waals surface area (Å²) in [6, 6.07) is 3.46. The van der Waals surface area contributed by atoms with Gasteiger partial charge in [0.15, 0.2) is 0 Å². The summed E-state index contributed by atoms with van der Waals surface area (Å²) in [5.41, 5.74) is 0.832. The summed E-state index contributed by atoms with van der Waals surface area (Å²) in [7, 11) is 1.66. The van der Waals surface area contributed by atoms with Crippen molar-refractivity contribution in [2.75, 3.05) is 19.8 Å². The van der Waals surface area contributed by atoms with Crippen LogP contribution in [-0.2, 0) is 11.8 Å². The molecule has 0 bridgehead atoms. The number of amides is 1. The van der Waals surface area contributed by atoms with Gasteiger partial charge in [-0.15, -0.1) is 0 Å². The molecule has 1 aliphatic carbocycles. The average Bonchev–Trinajstić information content (AvgIpc) is 3.25. The van der Waals surface area contributed by atoms with Crippen LogP contribution in [-0.4, -0.2) is 52.3 Å². The predicted octanol–water partition coefficient (Wildman–Crippen LogP) is 2.14. The number of fused-ring (bicyclic) bond motifs is 2. The maximum absolute atomic E-state index is 13.2. The van der Waals surface area contributed by atoms with Gasteiger partial charge in [0.25, 0.3) is 5.91 Å². The lowest BCUT2D eigenvalue weighted by Crippen LogP contribution is -2.39. The number of carbonyl (C=O) groups excluding carboxylic acids is 1. The van der Waals surface area contributed by atoms with E-state index in [1.807, 2.05) is 4.90 Å². The van der Waals surface area contributed by atoms with Gasteiger partial charge < -0.3 is 19.3 Å². The molecule has 3 aliphatic rings. The molecule has 2 atom stereocenters. The van der Waals surface area contributed by atoms with Gasteiger partial charge in [-0.05, 0) is 49.1 Å². The largest absolute Gasteiger partial charge is 0.477 e. The first-order valence-electron chi connectivity index (χ1n) is 8.81. The van der Waals surface area contributed by atoms with Crippen molar-refractivity contribution in [3.05, 3.63) is 23.5 Å². The molecule has 6 heteroatoms. The molecule has 24 heavy (non-hydrogen) atoms. The fourth-order valence-corrected chi connectivity index (χ4v) is 5.22. The van der Waals surface area contributed by atoms with Crippen LogP contribution in [0.25, 0.3) is 0 Å². The minimum atomic E-state index is -1.00. The molecule has 1 saturated carbocycles. The summed E-state index contributed by atoms with van der Waals surface area (Å²) in [5.74, 6) is -0.451. The van der Waals surface area contributed by atoms with E-state index in [0.717, 1.165) is 39.0 Å². The Kier molecular flexibility index (Phi) is 3.67. The van der Waals surface area contributed by atoms with E-state index in [-0.39, 0.29) is 17.0 Å². The maximum Gasteiger partial charge on any atom is 0.352 e. The van der Waals surface area contributed by atoms with Crippen molar-refractivity contribution >= 4 is 11.9 Å². The highest BCUT2D eigenvalue weighted by atomic mass is 16.5. The second kappa shape index (κ2) is 5.62. The van der Waals surface area contributed by atoms with E-state index in [1.54, 1.807) is 13.1 Å². The normalized spacial score (nSPS) is 28.3. The molecule has 3 fully saturated rings. The van der Waals surface area contributed by atoms with E-state index < -0.39 is 5.97 Å². The molecule has 4 rings (SSSR count). The van der Waals surface area contributed by atoms with Crippen molar-refractivity contribution in [1.82, 2.24) is 9.47 Å². The van der Waals surface area contributed by atoms with Gasteiger partial charge in [0.1, 0.15) is 11.4 Å². The van der Waals surface area contributed by atoms with Crippen molar-refractivity contribution in [2.45, 2.75) is 38.1 Å². The first kappa shape index (κ1) is 15.7. The Morgan fingerprint density at radius 1 is 1.21 bits per heavy atom. The number of aromatic carboxylic acids is 1. The van der Waals surface area contributed by atoms with Gasteiger partial charge in [-0.3, -0.25) is 4.79 Å². The lowest BCUT2D eigenvalue weighted by molar-refractivity contribution is -0.00103. The van der Waals surface area contributed by atoms with E-state index in [0.29, 0.717) is 17.7 Å². The monoisotopic (exact) mass is 332 g/mol. The van der Waals surface area contributed by atoms with Gasteiger partial charge in [-0.2, -0.15) is 0 Å². The molecule has 1 amide bonds. The Bertz CT molecular complexity index is 675. The zero-order valence-electron chi connectivity index (χ0n) is 14.0. The molecular weight excluding hydrogens is 308 g/mol. The summed E-state index contributed by atoms with van der Waals surface area (Å²) in [6.45, 7) is 2.37. The Hall–Kier alpha value is -1.82. The molecular formula is C18H24N2O4. The number of carbonyl (C=O) groups is 2. The van der Waals surface area contributed by atoms with E-state index in [1.165, 1.54) is 23.5 Å². The number of likely N-dealkylation sites (tertiary alicyclic amines) is 1. The van der Waals surface area contributed by atoms with Gasteiger partial charge >= 0.3 is 5.97 Å². The summed E-state index contributed by atoms with van der Waals surface area (Å²) >= 11 is 0. The van der Waals surface area contributed by atoms with Crippen LogP contribution in [0.2, 0.25) is 0 Å². The molecule has 0 unspecified atom stereocenters. The molecule has 0 aromatic carbocycles. The standard InChI is InChI=1S/C18H24N2O4/c1-19-14(5-6-15(19)17(22)23)16(21)20-11-18(7-9-24-10-8-18)12-3-2-4-13(12)20/h5-6,12-13H,2-4,7-11H2,1H3,(H,22,23)/t12-,13+/m1/s1. The molecule has 1 aromatic rings. The summed E-state index contributed by atoms with van der Waals surface area (Å²) < 4.78 is 7.06. The number of ether oxygens (including phenoxy) is 1. The number of hydrogen-bond donors (Lipinski definition) is 1. The second-order valence-electron chi connectivity index (χ2n) is 7.48. The highest BCUT2D eigenvalue weighted by Crippen LogP contribution is 2.54. The van der Waals surface area contributed by atoms with E-state index in [2.05, 4.69) is 0 Å². The molecule has 3 heterocycles. The smallest absolute Gasteiger partial charge is 0.352 e. The SMILES string of the molecule is Cn1c(C(=O)O)ccc1C(=O)N1CC2(CCOCC2)[C@@H]2CCC[C@@H]21. The number of carboxylic acid groups (broad SMARTS) is 1. The second-order valence-corrected chi connectivity index (χ2v) is 7.48. The number of nitrogens with zero attached hydrogens (tertiary/aromatic N) is 2. The fraction of sp³-hybridized carbons (Fsp3) is 0.667. The van der Waals surface area contributed by atoms with Gasteiger partial charge in [-0.25, -0.2) is 4.79 Å². The topological polar surface area (TPSA) is 71.8 Å². The summed E-state index contributed by atoms with van der Waals surface area (Å²) in [5, 5.41) is 9.22. The fourth-order valence-electron chi connectivity index (χ4n) is 5.22. The molecule has 0 radical (unpaired) electrons. The minimum absolute atomic E-state index is 0.0229. The van der Waals surface area contributed by atoms with E-state index in [9.17, 15) is 14.7 Å². The highest BCUT2D eigenvalue weighted by molar-refractivity contribution is 5.96. The van der Waals surface area contributed by atoms with Gasteiger partial charge in [0.2, 0.25) is 0 Å². The van der Waals surface area contributed by atoms with Crippen molar-refractivity contribution in [1.29, 1.82) is 0 Å². The Labute approximate surface area is 141 Å². The van der Waals surface area contributed by atoms with Crippen LogP contribution in [0.15, 0.2) is 12.1 Å². The Balaban J connectivity index is 1.64. The first-order chi connectivity index (χ1) is 11.5. The van der Waals surface area contributed by atoms with E-state index in [4.69, 9.17) is 4.74 Å². The van der Waals surface area contributed by atoms with Gasteiger partial charge in [0.05, 0.1) is 0 Å². The lowest BCUT2D eigenvalue weighted by Gasteiger charge is -2.37. The zero-order chi connectivity index (χ0) is 16.9. The molecule has 2 aliphatic heterocycles. The average molecular weight is 332 g/mol. The molecule has 1 spiro atoms. The van der Waals surface area contributed by atoms with Crippen LogP contribution >= 0.6 is 0 Å². The first-order valence-corrected chi connectivity index (χ1v) is 8.81. The molecule has 130 valence electrons. The van der Waals surface area contributed by atoms with Crippen molar-refractivity contribution in [2.24, 2.45) is 18.4 Å². The zero-order valence-corrected chi connectivity index (χ0v) is 14.0. The van der Waals surface area contributed by atoms with Gasteiger partial charge in [0, 0.05) is 32.8 Å². The molecule has 1 aromatic heterocycles. The van der Waals surface area contributed by atoms with Crippen molar-refractivity contribution in [3.63, 3.8) is 0 Å². The third-order valence-corrected chi connectivity index (χ3v) is 6.46. The van der Waals surface area contributed by atoms with Crippen LogP contribution in [0.5, 0.6) is 0 Å². The maximum atomic E-state index is 13.2. The van der Waals surface area contributed by atoms with Crippen LogP contribution in [0, 0.1) is 11.3 Å². The number of hydrogen-bond acceptors (Lipinski definition) is 3.